The molecule has 3 aromatic rings. The van der Waals surface area contributed by atoms with Crippen LogP contribution in [0.2, 0.25) is 0 Å². The predicted molar refractivity (Wildman–Crippen MR) is 74.2 cm³/mol. The Morgan fingerprint density at radius 2 is 2.16 bits per heavy atom. The molecule has 0 saturated heterocycles. The van der Waals surface area contributed by atoms with E-state index in [1.54, 1.807) is 10.8 Å². The van der Waals surface area contributed by atoms with Crippen LogP contribution >= 0.6 is 0 Å². The Labute approximate surface area is 109 Å². The first kappa shape index (κ1) is 10.6. The minimum atomic E-state index is 0.0642. The van der Waals surface area contributed by atoms with E-state index in [2.05, 4.69) is 22.1 Å². The lowest BCUT2D eigenvalue weighted by atomic mass is 10.0. The second kappa shape index (κ2) is 3.57. The van der Waals surface area contributed by atoms with E-state index in [1.807, 2.05) is 19.1 Å². The molecule has 0 fully saturated rings. The predicted octanol–water partition coefficient (Wildman–Crippen LogP) is 2.26. The quantitative estimate of drug-likeness (QED) is 0.666. The molecule has 4 rings (SSSR count). The molecule has 2 aromatic heterocycles. The number of fused-ring (bicyclic) bond motifs is 5. The molecule has 0 spiro atoms. The summed E-state index contributed by atoms with van der Waals surface area (Å²) in [5, 5.41) is 1.23. The summed E-state index contributed by atoms with van der Waals surface area (Å²) < 4.78 is 1.77. The highest BCUT2D eigenvalue weighted by Gasteiger charge is 2.22. The Morgan fingerprint density at radius 1 is 1.32 bits per heavy atom. The third-order valence-electron chi connectivity index (χ3n) is 3.84. The number of aromatic nitrogens is 3. The number of aryl methyl sites for hydroxylation is 2. The molecular formula is C15H13N3O. The van der Waals surface area contributed by atoms with E-state index in [4.69, 9.17) is 0 Å². The average molecular weight is 251 g/mol. The number of H-pyrrole nitrogens is 1. The largest absolute Gasteiger partial charge is 0.352 e. The van der Waals surface area contributed by atoms with Crippen LogP contribution < -0.4 is 5.56 Å². The number of rotatable bonds is 0. The zero-order valence-corrected chi connectivity index (χ0v) is 10.6. The zero-order chi connectivity index (χ0) is 13.0. The lowest BCUT2D eigenvalue weighted by molar-refractivity contribution is 0.641. The summed E-state index contributed by atoms with van der Waals surface area (Å²) in [7, 11) is 0. The van der Waals surface area contributed by atoms with Crippen molar-refractivity contribution in [2.24, 2.45) is 0 Å². The molecule has 19 heavy (non-hydrogen) atoms. The van der Waals surface area contributed by atoms with Crippen LogP contribution in [0.5, 0.6) is 0 Å². The van der Waals surface area contributed by atoms with Crippen LogP contribution in [0.15, 0.2) is 35.3 Å². The molecule has 0 atom stereocenters. The summed E-state index contributed by atoms with van der Waals surface area (Å²) in [6, 6.07) is 8.23. The Kier molecular flexibility index (Phi) is 1.98. The molecule has 1 aromatic carbocycles. The topological polar surface area (TPSA) is 50.7 Å². The standard InChI is InChI=1S/C15H13N3O/c1-9-8-16-14-13-11(6-7-18(14)15(9)19)10-4-2-3-5-12(10)17-13/h2-5,8,17H,6-7H2,1H3. The van der Waals surface area contributed by atoms with Crippen LogP contribution in [0.25, 0.3) is 22.4 Å². The van der Waals surface area contributed by atoms with Crippen LogP contribution in [0.4, 0.5) is 0 Å². The number of hydrogen-bond acceptors (Lipinski definition) is 2. The van der Waals surface area contributed by atoms with Crippen molar-refractivity contribution in [2.75, 3.05) is 0 Å². The summed E-state index contributed by atoms with van der Waals surface area (Å²) in [6.45, 7) is 2.51. The van der Waals surface area contributed by atoms with E-state index in [-0.39, 0.29) is 5.56 Å². The molecule has 0 bridgehead atoms. The fourth-order valence-corrected chi connectivity index (χ4v) is 2.87. The maximum absolute atomic E-state index is 12.1. The number of benzene rings is 1. The van der Waals surface area contributed by atoms with Gasteiger partial charge in [-0.1, -0.05) is 18.2 Å². The highest BCUT2D eigenvalue weighted by atomic mass is 16.1. The van der Waals surface area contributed by atoms with Crippen LogP contribution in [-0.2, 0) is 13.0 Å². The molecule has 1 aliphatic heterocycles. The van der Waals surface area contributed by atoms with Crippen molar-refractivity contribution in [3.63, 3.8) is 0 Å². The minimum Gasteiger partial charge on any atom is -0.352 e. The summed E-state index contributed by atoms with van der Waals surface area (Å²) in [4.78, 5) is 20.0. The molecule has 4 heteroatoms. The van der Waals surface area contributed by atoms with Gasteiger partial charge in [0.2, 0.25) is 0 Å². The van der Waals surface area contributed by atoms with E-state index in [0.717, 1.165) is 23.5 Å². The first-order chi connectivity index (χ1) is 9.25. The molecule has 0 saturated carbocycles. The van der Waals surface area contributed by atoms with Crippen molar-refractivity contribution >= 4 is 10.9 Å². The Hall–Kier alpha value is -2.36. The number of aromatic amines is 1. The highest BCUT2D eigenvalue weighted by molar-refractivity contribution is 5.90. The van der Waals surface area contributed by atoms with E-state index in [0.29, 0.717) is 12.1 Å². The van der Waals surface area contributed by atoms with E-state index >= 15 is 0 Å². The van der Waals surface area contributed by atoms with E-state index in [9.17, 15) is 4.79 Å². The van der Waals surface area contributed by atoms with Crippen molar-refractivity contribution in [3.8, 4) is 11.5 Å². The Morgan fingerprint density at radius 3 is 3.05 bits per heavy atom. The fourth-order valence-electron chi connectivity index (χ4n) is 2.87. The molecule has 1 aliphatic rings. The minimum absolute atomic E-state index is 0.0642. The number of nitrogens with one attached hydrogen (secondary N) is 1. The zero-order valence-electron chi connectivity index (χ0n) is 10.6. The van der Waals surface area contributed by atoms with Gasteiger partial charge in [0.15, 0.2) is 5.82 Å². The Balaban J connectivity index is 2.10. The van der Waals surface area contributed by atoms with Crippen molar-refractivity contribution in [2.45, 2.75) is 19.9 Å². The lowest BCUT2D eigenvalue weighted by Crippen LogP contribution is -2.28. The van der Waals surface area contributed by atoms with Crippen molar-refractivity contribution < 1.29 is 0 Å². The number of hydrogen-bond donors (Lipinski definition) is 1. The smallest absolute Gasteiger partial charge is 0.256 e. The molecule has 0 aliphatic carbocycles. The normalized spacial score (nSPS) is 13.3. The highest BCUT2D eigenvalue weighted by Crippen LogP contribution is 2.32. The van der Waals surface area contributed by atoms with Gasteiger partial charge in [0.25, 0.3) is 5.56 Å². The monoisotopic (exact) mass is 251 g/mol. The van der Waals surface area contributed by atoms with Crippen LogP contribution in [-0.4, -0.2) is 14.5 Å². The van der Waals surface area contributed by atoms with Crippen LogP contribution in [0, 0.1) is 6.92 Å². The summed E-state index contributed by atoms with van der Waals surface area (Å²) in [6.07, 6.45) is 2.53. The first-order valence-corrected chi connectivity index (χ1v) is 6.42. The van der Waals surface area contributed by atoms with E-state index in [1.165, 1.54) is 10.9 Å². The first-order valence-electron chi connectivity index (χ1n) is 6.42. The average Bonchev–Trinajstić information content (AvgIpc) is 2.81. The van der Waals surface area contributed by atoms with Crippen LogP contribution in [0.1, 0.15) is 11.1 Å². The summed E-state index contributed by atoms with van der Waals surface area (Å²) in [5.41, 5.74) is 4.13. The summed E-state index contributed by atoms with van der Waals surface area (Å²) >= 11 is 0. The maximum atomic E-state index is 12.1. The van der Waals surface area contributed by atoms with Gasteiger partial charge in [0, 0.05) is 29.2 Å². The van der Waals surface area contributed by atoms with Gasteiger partial charge < -0.3 is 4.98 Å². The van der Waals surface area contributed by atoms with E-state index < -0.39 is 0 Å². The second-order valence-corrected chi connectivity index (χ2v) is 5.00. The second-order valence-electron chi connectivity index (χ2n) is 5.00. The van der Waals surface area contributed by atoms with Gasteiger partial charge in [-0.05, 0) is 25.0 Å². The molecule has 3 heterocycles. The molecule has 0 radical (unpaired) electrons. The SMILES string of the molecule is Cc1cnc2n(c1=O)CCc1c-2[nH]c2ccccc12. The van der Waals surface area contributed by atoms with Gasteiger partial charge in [-0.15, -0.1) is 0 Å². The molecule has 94 valence electrons. The van der Waals surface area contributed by atoms with Gasteiger partial charge in [-0.25, -0.2) is 4.98 Å². The van der Waals surface area contributed by atoms with Crippen LogP contribution in [0.3, 0.4) is 0 Å². The summed E-state index contributed by atoms with van der Waals surface area (Å²) in [5.74, 6) is 0.757. The maximum Gasteiger partial charge on any atom is 0.256 e. The lowest BCUT2D eigenvalue weighted by Gasteiger charge is -2.18. The van der Waals surface area contributed by atoms with Crippen molar-refractivity contribution in [1.29, 1.82) is 0 Å². The van der Waals surface area contributed by atoms with Gasteiger partial charge >= 0.3 is 0 Å². The third-order valence-corrected chi connectivity index (χ3v) is 3.84. The number of nitrogens with zero attached hydrogens (tertiary/aromatic N) is 2. The Bertz CT molecular complexity index is 857. The molecule has 4 nitrogen and oxygen atoms in total. The van der Waals surface area contributed by atoms with Gasteiger partial charge in [-0.3, -0.25) is 9.36 Å². The van der Waals surface area contributed by atoms with Gasteiger partial charge in [0.1, 0.15) is 0 Å². The van der Waals surface area contributed by atoms with Gasteiger partial charge in [0.05, 0.1) is 5.69 Å². The molecule has 0 unspecified atom stereocenters. The molecule has 0 amide bonds. The third kappa shape index (κ3) is 1.34. The molecule has 1 N–H and O–H groups in total. The number of para-hydroxylation sites is 1. The molecular weight excluding hydrogens is 238 g/mol. The van der Waals surface area contributed by atoms with Crippen molar-refractivity contribution in [3.05, 3.63) is 51.9 Å². The van der Waals surface area contributed by atoms with Crippen molar-refractivity contribution in [1.82, 2.24) is 14.5 Å². The fraction of sp³-hybridized carbons (Fsp3) is 0.200. The van der Waals surface area contributed by atoms with Gasteiger partial charge in [-0.2, -0.15) is 0 Å².